The van der Waals surface area contributed by atoms with Crippen molar-refractivity contribution in [3.05, 3.63) is 18.0 Å². The van der Waals surface area contributed by atoms with Crippen molar-refractivity contribution >= 4 is 11.5 Å². The molecule has 0 aliphatic carbocycles. The van der Waals surface area contributed by atoms with Gasteiger partial charge in [-0.15, -0.1) is 0 Å². The second-order valence-corrected chi connectivity index (χ2v) is 2.18. The quantitative estimate of drug-likeness (QED) is 0.577. The number of carbonyl (C=O) groups excluding carboxylic acids is 1. The van der Waals surface area contributed by atoms with Crippen LogP contribution in [0, 0.1) is 0 Å². The number of aromatic hydroxyl groups is 1. The van der Waals surface area contributed by atoms with E-state index in [2.05, 4.69) is 4.98 Å². The minimum atomic E-state index is -0.262. The van der Waals surface area contributed by atoms with Crippen LogP contribution in [0.1, 0.15) is 17.3 Å². The maximum Gasteiger partial charge on any atom is 0.165 e. The lowest BCUT2D eigenvalue weighted by molar-refractivity contribution is 0.101. The zero-order chi connectivity index (χ0) is 8.43. The first-order valence-electron chi connectivity index (χ1n) is 3.06. The number of nitrogens with two attached hydrogens (primary N) is 1. The number of anilines is 1. The van der Waals surface area contributed by atoms with E-state index in [-0.39, 0.29) is 22.8 Å². The molecule has 4 nitrogen and oxygen atoms in total. The lowest BCUT2D eigenvalue weighted by Crippen LogP contribution is -2.00. The van der Waals surface area contributed by atoms with E-state index in [0.29, 0.717) is 0 Å². The molecule has 0 atom stereocenters. The van der Waals surface area contributed by atoms with Crippen molar-refractivity contribution < 1.29 is 9.90 Å². The number of nitrogens with zero attached hydrogens (tertiary/aromatic N) is 1. The van der Waals surface area contributed by atoms with Gasteiger partial charge in [-0.25, -0.2) is 0 Å². The highest BCUT2D eigenvalue weighted by atomic mass is 16.3. The normalized spacial score (nSPS) is 9.55. The zero-order valence-corrected chi connectivity index (χ0v) is 6.03. The largest absolute Gasteiger partial charge is 0.505 e. The van der Waals surface area contributed by atoms with Gasteiger partial charge in [-0.3, -0.25) is 9.78 Å². The van der Waals surface area contributed by atoms with Gasteiger partial charge in [0.2, 0.25) is 0 Å². The topological polar surface area (TPSA) is 76.2 Å². The lowest BCUT2D eigenvalue weighted by Gasteiger charge is -2.01. The predicted molar refractivity (Wildman–Crippen MR) is 40.3 cm³/mol. The molecule has 4 heteroatoms. The Hall–Kier alpha value is -1.58. The van der Waals surface area contributed by atoms with Crippen molar-refractivity contribution in [2.24, 2.45) is 0 Å². The van der Waals surface area contributed by atoms with Crippen molar-refractivity contribution in [2.45, 2.75) is 6.92 Å². The minimum absolute atomic E-state index is 0.139. The Morgan fingerprint density at radius 2 is 2.27 bits per heavy atom. The first-order valence-corrected chi connectivity index (χ1v) is 3.06. The van der Waals surface area contributed by atoms with Gasteiger partial charge in [0.1, 0.15) is 5.75 Å². The summed E-state index contributed by atoms with van der Waals surface area (Å²) >= 11 is 0. The Bertz CT molecular complexity index is 276. The fraction of sp³-hybridized carbons (Fsp3) is 0.143. The molecule has 0 fully saturated rings. The summed E-state index contributed by atoms with van der Waals surface area (Å²) in [5.74, 6) is -0.431. The van der Waals surface area contributed by atoms with Gasteiger partial charge in [-0.05, 0) is 6.92 Å². The Morgan fingerprint density at radius 1 is 1.64 bits per heavy atom. The molecule has 0 unspecified atom stereocenters. The van der Waals surface area contributed by atoms with Crippen LogP contribution in [0.4, 0.5) is 5.69 Å². The average molecular weight is 152 g/mol. The van der Waals surface area contributed by atoms with Gasteiger partial charge in [0.25, 0.3) is 0 Å². The molecule has 0 spiro atoms. The molecule has 3 N–H and O–H groups in total. The van der Waals surface area contributed by atoms with Crippen LogP contribution in [0.5, 0.6) is 5.75 Å². The highest BCUT2D eigenvalue weighted by Gasteiger charge is 2.09. The monoisotopic (exact) mass is 152 g/mol. The molecule has 0 radical (unpaired) electrons. The van der Waals surface area contributed by atoms with Crippen LogP contribution >= 0.6 is 0 Å². The van der Waals surface area contributed by atoms with Crippen LogP contribution in [0.25, 0.3) is 0 Å². The molecular weight excluding hydrogens is 144 g/mol. The molecule has 11 heavy (non-hydrogen) atoms. The summed E-state index contributed by atoms with van der Waals surface area (Å²) < 4.78 is 0. The predicted octanol–water partition coefficient (Wildman–Crippen LogP) is 0.572. The third-order valence-electron chi connectivity index (χ3n) is 1.31. The number of hydrogen-bond donors (Lipinski definition) is 2. The molecule has 0 amide bonds. The maximum atomic E-state index is 10.8. The van der Waals surface area contributed by atoms with E-state index in [1.807, 2.05) is 0 Å². The van der Waals surface area contributed by atoms with Crippen LogP contribution in [0.15, 0.2) is 12.4 Å². The first kappa shape index (κ1) is 7.53. The molecule has 0 aliphatic rings. The van der Waals surface area contributed by atoms with E-state index in [1.54, 1.807) is 0 Å². The third kappa shape index (κ3) is 1.29. The van der Waals surface area contributed by atoms with Gasteiger partial charge in [-0.1, -0.05) is 0 Å². The Labute approximate surface area is 63.7 Å². The SMILES string of the molecule is CC(=O)c1c(N)cncc1O. The van der Waals surface area contributed by atoms with Crippen LogP contribution in [-0.2, 0) is 0 Å². The van der Waals surface area contributed by atoms with E-state index >= 15 is 0 Å². The molecule has 58 valence electrons. The van der Waals surface area contributed by atoms with Crippen molar-refractivity contribution in [3.63, 3.8) is 0 Å². The number of Topliss-reactive ketones (excluding diaryl/α,β-unsaturated/α-hetero) is 1. The Balaban J connectivity index is 3.32. The van der Waals surface area contributed by atoms with Gasteiger partial charge in [0, 0.05) is 0 Å². The summed E-state index contributed by atoms with van der Waals surface area (Å²) in [6.45, 7) is 1.34. The lowest BCUT2D eigenvalue weighted by atomic mass is 10.1. The minimum Gasteiger partial charge on any atom is -0.505 e. The van der Waals surface area contributed by atoms with Gasteiger partial charge >= 0.3 is 0 Å². The number of hydrogen-bond acceptors (Lipinski definition) is 4. The van der Waals surface area contributed by atoms with Crippen LogP contribution in [0.2, 0.25) is 0 Å². The van der Waals surface area contributed by atoms with Crippen LogP contribution in [-0.4, -0.2) is 15.9 Å². The number of carbonyl (C=O) groups is 1. The van der Waals surface area contributed by atoms with Gasteiger partial charge < -0.3 is 10.8 Å². The molecule has 1 rings (SSSR count). The van der Waals surface area contributed by atoms with Crippen molar-refractivity contribution in [2.75, 3.05) is 5.73 Å². The van der Waals surface area contributed by atoms with E-state index < -0.39 is 0 Å². The smallest absolute Gasteiger partial charge is 0.165 e. The second-order valence-electron chi connectivity index (χ2n) is 2.18. The molecule has 0 bridgehead atoms. The van der Waals surface area contributed by atoms with E-state index in [0.717, 1.165) is 0 Å². The number of ketones is 1. The third-order valence-corrected chi connectivity index (χ3v) is 1.31. The molecule has 0 saturated heterocycles. The van der Waals surface area contributed by atoms with Crippen molar-refractivity contribution in [1.29, 1.82) is 0 Å². The second kappa shape index (κ2) is 2.57. The maximum absolute atomic E-state index is 10.8. The average Bonchev–Trinajstić information content (AvgIpc) is 1.85. The fourth-order valence-electron chi connectivity index (χ4n) is 0.849. The molecular formula is C7H8N2O2. The molecule has 0 aliphatic heterocycles. The molecule has 0 saturated carbocycles. The summed E-state index contributed by atoms with van der Waals surface area (Å²) in [7, 11) is 0. The molecule has 1 heterocycles. The summed E-state index contributed by atoms with van der Waals surface area (Å²) in [4.78, 5) is 14.4. The number of aromatic nitrogens is 1. The summed E-state index contributed by atoms with van der Waals surface area (Å²) in [5, 5.41) is 9.10. The molecule has 1 aromatic rings. The summed E-state index contributed by atoms with van der Waals surface area (Å²) in [5.41, 5.74) is 5.72. The number of rotatable bonds is 1. The number of pyridine rings is 1. The van der Waals surface area contributed by atoms with Crippen molar-refractivity contribution in [3.8, 4) is 5.75 Å². The van der Waals surface area contributed by atoms with Crippen LogP contribution in [0.3, 0.4) is 0 Å². The van der Waals surface area contributed by atoms with Gasteiger partial charge in [-0.2, -0.15) is 0 Å². The Morgan fingerprint density at radius 3 is 2.64 bits per heavy atom. The van der Waals surface area contributed by atoms with Crippen LogP contribution < -0.4 is 5.73 Å². The molecule has 0 aromatic carbocycles. The van der Waals surface area contributed by atoms with E-state index in [9.17, 15) is 4.79 Å². The standard InChI is InChI=1S/C7H8N2O2/c1-4(10)7-5(8)2-9-3-6(7)11/h2-3,11H,8H2,1H3. The zero-order valence-electron chi connectivity index (χ0n) is 6.03. The number of nitrogen functional groups attached to an aromatic ring is 1. The summed E-state index contributed by atoms with van der Waals surface area (Å²) in [6, 6.07) is 0. The van der Waals surface area contributed by atoms with E-state index in [1.165, 1.54) is 19.3 Å². The fourth-order valence-corrected chi connectivity index (χ4v) is 0.849. The highest BCUT2D eigenvalue weighted by molar-refractivity contribution is 6.01. The first-order chi connectivity index (χ1) is 5.13. The molecule has 1 aromatic heterocycles. The van der Waals surface area contributed by atoms with Gasteiger partial charge in [0.15, 0.2) is 5.78 Å². The van der Waals surface area contributed by atoms with E-state index in [4.69, 9.17) is 10.8 Å². The van der Waals surface area contributed by atoms with Gasteiger partial charge in [0.05, 0.1) is 23.6 Å². The Kier molecular flexibility index (Phi) is 1.76. The summed E-state index contributed by atoms with van der Waals surface area (Å²) in [6.07, 6.45) is 2.52. The highest BCUT2D eigenvalue weighted by Crippen LogP contribution is 2.21. The van der Waals surface area contributed by atoms with Crippen molar-refractivity contribution in [1.82, 2.24) is 4.98 Å².